The van der Waals surface area contributed by atoms with E-state index in [1.807, 2.05) is 0 Å². The maximum atomic E-state index is 10.3. The molecule has 0 radical (unpaired) electrons. The summed E-state index contributed by atoms with van der Waals surface area (Å²) in [5.41, 5.74) is 0. The van der Waals surface area contributed by atoms with Crippen molar-refractivity contribution < 1.29 is 54.7 Å². The average molecular weight is 384 g/mol. The molecular weight excluding hydrogens is 356 g/mol. The summed E-state index contributed by atoms with van der Waals surface area (Å²) in [6.45, 7) is 2.18. The first-order chi connectivity index (χ1) is 12.2. The third kappa shape index (κ3) is 4.51. The van der Waals surface area contributed by atoms with Crippen LogP contribution in [0, 0.1) is 0 Å². The first kappa shape index (κ1) is 21.9. The van der Waals surface area contributed by atoms with Crippen molar-refractivity contribution in [3.63, 3.8) is 0 Å². The van der Waals surface area contributed by atoms with Gasteiger partial charge >= 0.3 is 0 Å². The van der Waals surface area contributed by atoms with Crippen LogP contribution in [0.4, 0.5) is 0 Å². The predicted molar refractivity (Wildman–Crippen MR) is 82.6 cm³/mol. The second-order valence-corrected chi connectivity index (χ2v) is 6.69. The normalized spacial score (nSPS) is 47.3. The molecule has 26 heavy (non-hydrogen) atoms. The Kier molecular flexibility index (Phi) is 7.71. The fourth-order valence-corrected chi connectivity index (χ4v) is 2.91. The molecular formula is C15H28O11. The van der Waals surface area contributed by atoms with Crippen LogP contribution < -0.4 is 0 Å². The molecule has 0 aromatic carbocycles. The summed E-state index contributed by atoms with van der Waals surface area (Å²) in [5.74, 6) is 0. The molecule has 0 saturated carbocycles. The minimum absolute atomic E-state index is 0.359. The highest BCUT2D eigenvalue weighted by Crippen LogP contribution is 2.30. The Morgan fingerprint density at radius 2 is 1.23 bits per heavy atom. The molecule has 2 rings (SSSR count). The highest BCUT2D eigenvalue weighted by Gasteiger charge is 2.50. The fourth-order valence-electron chi connectivity index (χ4n) is 2.91. The van der Waals surface area contributed by atoms with Gasteiger partial charge in [-0.15, -0.1) is 0 Å². The van der Waals surface area contributed by atoms with E-state index < -0.39 is 74.6 Å². The van der Waals surface area contributed by atoms with E-state index >= 15 is 0 Å². The number of hydrogen-bond acceptors (Lipinski definition) is 11. The van der Waals surface area contributed by atoms with Crippen LogP contribution in [0.5, 0.6) is 0 Å². The zero-order chi connectivity index (χ0) is 19.6. The molecule has 2 aliphatic rings. The lowest BCUT2D eigenvalue weighted by Crippen LogP contribution is -2.64. The lowest BCUT2D eigenvalue weighted by Gasteiger charge is -2.46. The zero-order valence-corrected chi connectivity index (χ0v) is 14.5. The Bertz CT molecular complexity index is 434. The van der Waals surface area contributed by atoms with E-state index in [9.17, 15) is 35.7 Å². The summed E-state index contributed by atoms with van der Waals surface area (Å²) in [5, 5.41) is 68.6. The standard InChI is InChI=1S/C15H28O11/c1-5(2)23-15-13(11(21)9(19)7(4-17)25-15)26-14-12(22)10(20)8(18)6(3-16)24-14/h5-22H,3-4H2,1-2H3/t6?,7?,8-,9-,10+,11+,12?,13?,14-,15+/m1/s1. The monoisotopic (exact) mass is 384 g/mol. The molecule has 11 heteroatoms. The van der Waals surface area contributed by atoms with Crippen molar-refractivity contribution in [2.45, 2.75) is 81.4 Å². The molecule has 11 nitrogen and oxygen atoms in total. The molecule has 4 unspecified atom stereocenters. The first-order valence-corrected chi connectivity index (χ1v) is 8.45. The highest BCUT2D eigenvalue weighted by atomic mass is 16.8. The largest absolute Gasteiger partial charge is 0.394 e. The SMILES string of the molecule is CC(C)O[C@H]1OC(CO)[C@@H](O)[C@H](O)C1O[C@H]1OC(CO)[C@@H](O)[C@H](O)C1O. The quantitative estimate of drug-likeness (QED) is 0.237. The van der Waals surface area contributed by atoms with Crippen molar-refractivity contribution in [1.82, 2.24) is 0 Å². The Balaban J connectivity index is 2.17. The van der Waals surface area contributed by atoms with Gasteiger partial charge in [0, 0.05) is 0 Å². The Labute approximate surface area is 150 Å². The van der Waals surface area contributed by atoms with Crippen molar-refractivity contribution in [2.24, 2.45) is 0 Å². The van der Waals surface area contributed by atoms with Gasteiger partial charge in [-0.05, 0) is 13.8 Å². The summed E-state index contributed by atoms with van der Waals surface area (Å²) < 4.78 is 21.6. The van der Waals surface area contributed by atoms with E-state index in [0.29, 0.717) is 0 Å². The molecule has 2 heterocycles. The van der Waals surface area contributed by atoms with Gasteiger partial charge in [-0.2, -0.15) is 0 Å². The van der Waals surface area contributed by atoms with Gasteiger partial charge in [0.1, 0.15) is 48.8 Å². The Morgan fingerprint density at radius 1 is 0.731 bits per heavy atom. The Morgan fingerprint density at radius 3 is 1.73 bits per heavy atom. The molecule has 2 fully saturated rings. The number of rotatable bonds is 6. The van der Waals surface area contributed by atoms with Gasteiger partial charge in [-0.25, -0.2) is 0 Å². The van der Waals surface area contributed by atoms with E-state index in [2.05, 4.69) is 0 Å². The van der Waals surface area contributed by atoms with Gasteiger partial charge in [0.2, 0.25) is 0 Å². The third-order valence-corrected chi connectivity index (χ3v) is 4.37. The molecule has 0 aliphatic carbocycles. The van der Waals surface area contributed by atoms with E-state index in [4.69, 9.17) is 18.9 Å². The number of ether oxygens (including phenoxy) is 4. The van der Waals surface area contributed by atoms with Crippen molar-refractivity contribution >= 4 is 0 Å². The summed E-state index contributed by atoms with van der Waals surface area (Å²) in [4.78, 5) is 0. The maximum absolute atomic E-state index is 10.3. The van der Waals surface area contributed by atoms with E-state index in [1.54, 1.807) is 13.8 Å². The van der Waals surface area contributed by atoms with Gasteiger partial charge in [-0.3, -0.25) is 0 Å². The minimum Gasteiger partial charge on any atom is -0.394 e. The summed E-state index contributed by atoms with van der Waals surface area (Å²) in [6.07, 6.45) is -14.7. The van der Waals surface area contributed by atoms with Gasteiger partial charge in [0.05, 0.1) is 19.3 Å². The molecule has 7 N–H and O–H groups in total. The van der Waals surface area contributed by atoms with E-state index in [1.165, 1.54) is 0 Å². The third-order valence-electron chi connectivity index (χ3n) is 4.37. The van der Waals surface area contributed by atoms with Crippen LogP contribution in [0.15, 0.2) is 0 Å². The van der Waals surface area contributed by atoms with Crippen molar-refractivity contribution in [2.75, 3.05) is 13.2 Å². The molecule has 2 saturated heterocycles. The van der Waals surface area contributed by atoms with Crippen molar-refractivity contribution in [1.29, 1.82) is 0 Å². The van der Waals surface area contributed by atoms with Crippen molar-refractivity contribution in [3.05, 3.63) is 0 Å². The van der Waals surface area contributed by atoms with Gasteiger partial charge in [0.15, 0.2) is 12.6 Å². The van der Waals surface area contributed by atoms with Gasteiger partial charge < -0.3 is 54.7 Å². The lowest BCUT2D eigenvalue weighted by atomic mass is 9.97. The number of aliphatic hydroxyl groups is 7. The van der Waals surface area contributed by atoms with Crippen LogP contribution in [-0.4, -0.2) is 116 Å². The molecule has 0 amide bonds. The summed E-state index contributed by atoms with van der Waals surface area (Å²) >= 11 is 0. The smallest absolute Gasteiger partial charge is 0.187 e. The maximum Gasteiger partial charge on any atom is 0.187 e. The number of aliphatic hydroxyl groups excluding tert-OH is 7. The van der Waals surface area contributed by atoms with E-state index in [0.717, 1.165) is 0 Å². The van der Waals surface area contributed by atoms with Crippen LogP contribution in [0.25, 0.3) is 0 Å². The second kappa shape index (κ2) is 9.17. The Hall–Kier alpha value is -0.440. The minimum atomic E-state index is -1.69. The van der Waals surface area contributed by atoms with Gasteiger partial charge in [-0.1, -0.05) is 0 Å². The topological polar surface area (TPSA) is 179 Å². The lowest BCUT2D eigenvalue weighted by molar-refractivity contribution is -0.370. The van der Waals surface area contributed by atoms with Crippen LogP contribution in [0.2, 0.25) is 0 Å². The molecule has 10 atom stereocenters. The molecule has 154 valence electrons. The van der Waals surface area contributed by atoms with Crippen LogP contribution >= 0.6 is 0 Å². The molecule has 0 aromatic rings. The first-order valence-electron chi connectivity index (χ1n) is 8.45. The predicted octanol–water partition coefficient (Wildman–Crippen LogP) is -3.96. The summed E-state index contributed by atoms with van der Waals surface area (Å²) in [6, 6.07) is 0. The van der Waals surface area contributed by atoms with E-state index in [-0.39, 0.29) is 6.10 Å². The van der Waals surface area contributed by atoms with Crippen LogP contribution in [-0.2, 0) is 18.9 Å². The highest BCUT2D eigenvalue weighted by molar-refractivity contribution is 4.93. The number of hydrogen-bond donors (Lipinski definition) is 7. The zero-order valence-electron chi connectivity index (χ0n) is 14.5. The molecule has 0 aromatic heterocycles. The average Bonchev–Trinajstić information content (AvgIpc) is 2.60. The molecule has 2 aliphatic heterocycles. The molecule has 0 spiro atoms. The molecule has 0 bridgehead atoms. The van der Waals surface area contributed by atoms with Crippen LogP contribution in [0.1, 0.15) is 13.8 Å². The fraction of sp³-hybridized carbons (Fsp3) is 1.00. The van der Waals surface area contributed by atoms with Gasteiger partial charge in [0.25, 0.3) is 0 Å². The van der Waals surface area contributed by atoms with Crippen molar-refractivity contribution in [3.8, 4) is 0 Å². The van der Waals surface area contributed by atoms with Crippen LogP contribution in [0.3, 0.4) is 0 Å². The summed E-state index contributed by atoms with van der Waals surface area (Å²) in [7, 11) is 0. The second-order valence-electron chi connectivity index (χ2n) is 6.69.